The molecule has 0 aromatic heterocycles. The summed E-state index contributed by atoms with van der Waals surface area (Å²) in [5.74, 6) is 0. The van der Waals surface area contributed by atoms with Gasteiger partial charge < -0.3 is 10.2 Å². The highest BCUT2D eigenvalue weighted by atomic mass is 35.5. The molecule has 0 aliphatic rings. The summed E-state index contributed by atoms with van der Waals surface area (Å²) in [6, 6.07) is 8.03. The van der Waals surface area contributed by atoms with Crippen LogP contribution in [0, 0.1) is 0 Å². The third-order valence-corrected chi connectivity index (χ3v) is 2.54. The Bertz CT molecular complexity index is 274. The molecule has 2 nitrogen and oxygen atoms in total. The van der Waals surface area contributed by atoms with Crippen LogP contribution >= 0.6 is 11.6 Å². The van der Waals surface area contributed by atoms with Gasteiger partial charge in [-0.25, -0.2) is 0 Å². The van der Waals surface area contributed by atoms with E-state index >= 15 is 0 Å². The Morgan fingerprint density at radius 2 is 2.00 bits per heavy atom. The van der Waals surface area contributed by atoms with Crippen molar-refractivity contribution < 1.29 is 10.2 Å². The zero-order valence-electron chi connectivity index (χ0n) is 8.89. The van der Waals surface area contributed by atoms with E-state index < -0.39 is 0 Å². The molecule has 0 bridgehead atoms. The van der Waals surface area contributed by atoms with Gasteiger partial charge in [-0.15, -0.1) is 0 Å². The number of quaternary nitrogens is 2. The quantitative estimate of drug-likeness (QED) is 0.620. The third kappa shape index (κ3) is 4.09. The van der Waals surface area contributed by atoms with Crippen LogP contribution in [0.15, 0.2) is 24.3 Å². The van der Waals surface area contributed by atoms with E-state index in [-0.39, 0.29) is 0 Å². The zero-order valence-corrected chi connectivity index (χ0v) is 9.64. The molecule has 0 atom stereocenters. The molecular formula is C11H19ClN2+2. The fourth-order valence-electron chi connectivity index (χ4n) is 1.31. The van der Waals surface area contributed by atoms with Crippen LogP contribution in [0.1, 0.15) is 5.56 Å². The summed E-state index contributed by atoms with van der Waals surface area (Å²) in [5, 5.41) is 3.18. The molecule has 0 saturated heterocycles. The maximum absolute atomic E-state index is 6.04. The zero-order chi connectivity index (χ0) is 10.4. The summed E-state index contributed by atoms with van der Waals surface area (Å²) >= 11 is 6.04. The van der Waals surface area contributed by atoms with Crippen LogP contribution in [0.2, 0.25) is 5.02 Å². The average molecular weight is 215 g/mol. The summed E-state index contributed by atoms with van der Waals surface area (Å²) in [5.41, 5.74) is 1.22. The molecule has 0 spiro atoms. The Morgan fingerprint density at radius 3 is 2.64 bits per heavy atom. The molecule has 3 N–H and O–H groups in total. The van der Waals surface area contributed by atoms with Gasteiger partial charge in [-0.05, 0) is 6.07 Å². The van der Waals surface area contributed by atoms with Crippen LogP contribution in [0.4, 0.5) is 0 Å². The number of hydrogen-bond acceptors (Lipinski definition) is 0. The number of nitrogens with two attached hydrogens (primary N) is 1. The molecule has 0 unspecified atom stereocenters. The summed E-state index contributed by atoms with van der Waals surface area (Å²) in [6.45, 7) is 3.31. The first-order chi connectivity index (χ1) is 6.70. The molecule has 0 aliphatic heterocycles. The van der Waals surface area contributed by atoms with Crippen LogP contribution in [0.5, 0.6) is 0 Å². The van der Waals surface area contributed by atoms with E-state index in [0.29, 0.717) is 0 Å². The van der Waals surface area contributed by atoms with E-state index in [0.717, 1.165) is 18.1 Å². The molecule has 1 rings (SSSR count). The van der Waals surface area contributed by atoms with Gasteiger partial charge in [0.1, 0.15) is 19.6 Å². The second-order valence-corrected chi connectivity index (χ2v) is 4.24. The van der Waals surface area contributed by atoms with Gasteiger partial charge in [0.2, 0.25) is 0 Å². The standard InChI is InChI=1S/C11H17ClN2/c1-14(2)8-7-13-9-10-5-3-4-6-11(10)12/h3-6,13H,7-9H2,1-2H3/p+2. The van der Waals surface area contributed by atoms with E-state index in [4.69, 9.17) is 11.6 Å². The number of nitrogens with one attached hydrogen (secondary N) is 1. The number of benzene rings is 1. The summed E-state index contributed by atoms with van der Waals surface area (Å²) in [6.07, 6.45) is 0. The van der Waals surface area contributed by atoms with Gasteiger partial charge in [0.15, 0.2) is 0 Å². The van der Waals surface area contributed by atoms with E-state index in [1.165, 1.54) is 17.0 Å². The second kappa shape index (κ2) is 6.02. The van der Waals surface area contributed by atoms with Crippen molar-refractivity contribution in [3.63, 3.8) is 0 Å². The lowest BCUT2D eigenvalue weighted by molar-refractivity contribution is -0.875. The fraction of sp³-hybridized carbons (Fsp3) is 0.455. The topological polar surface area (TPSA) is 21.1 Å². The van der Waals surface area contributed by atoms with Gasteiger partial charge in [0.25, 0.3) is 0 Å². The third-order valence-electron chi connectivity index (χ3n) is 2.17. The highest BCUT2D eigenvalue weighted by molar-refractivity contribution is 6.31. The Balaban J connectivity index is 2.28. The Hall–Kier alpha value is -0.570. The lowest BCUT2D eigenvalue weighted by Gasteiger charge is -2.06. The van der Waals surface area contributed by atoms with Crippen molar-refractivity contribution in [1.29, 1.82) is 0 Å². The summed E-state index contributed by atoms with van der Waals surface area (Å²) < 4.78 is 0. The Kier molecular flexibility index (Phi) is 4.94. The molecular weight excluding hydrogens is 196 g/mol. The van der Waals surface area contributed by atoms with Crippen LogP contribution in [-0.4, -0.2) is 27.2 Å². The molecule has 0 fully saturated rings. The van der Waals surface area contributed by atoms with Gasteiger partial charge in [0.05, 0.1) is 14.1 Å². The van der Waals surface area contributed by atoms with E-state index in [1.807, 2.05) is 18.2 Å². The van der Waals surface area contributed by atoms with Gasteiger partial charge in [-0.1, -0.05) is 29.8 Å². The first kappa shape index (κ1) is 11.5. The average Bonchev–Trinajstić information content (AvgIpc) is 2.15. The van der Waals surface area contributed by atoms with Crippen molar-refractivity contribution in [3.05, 3.63) is 34.9 Å². The minimum absolute atomic E-state index is 0.876. The van der Waals surface area contributed by atoms with Gasteiger partial charge >= 0.3 is 0 Å². The van der Waals surface area contributed by atoms with Crippen LogP contribution < -0.4 is 10.2 Å². The largest absolute Gasteiger partial charge is 0.338 e. The number of rotatable bonds is 5. The van der Waals surface area contributed by atoms with Gasteiger partial charge in [-0.2, -0.15) is 0 Å². The predicted molar refractivity (Wildman–Crippen MR) is 59.6 cm³/mol. The normalized spacial score (nSPS) is 10.9. The molecule has 0 heterocycles. The first-order valence-electron chi connectivity index (χ1n) is 5.04. The van der Waals surface area contributed by atoms with E-state index in [1.54, 1.807) is 0 Å². The van der Waals surface area contributed by atoms with Crippen molar-refractivity contribution >= 4 is 11.6 Å². The smallest absolute Gasteiger partial charge is 0.126 e. The fourth-order valence-corrected chi connectivity index (χ4v) is 1.53. The van der Waals surface area contributed by atoms with E-state index in [2.05, 4.69) is 25.5 Å². The molecule has 78 valence electrons. The molecule has 0 amide bonds. The Labute approximate surface area is 90.9 Å². The van der Waals surface area contributed by atoms with Gasteiger partial charge in [-0.3, -0.25) is 0 Å². The van der Waals surface area contributed by atoms with Crippen molar-refractivity contribution in [1.82, 2.24) is 0 Å². The van der Waals surface area contributed by atoms with Crippen molar-refractivity contribution in [2.75, 3.05) is 27.2 Å². The molecule has 0 aliphatic carbocycles. The van der Waals surface area contributed by atoms with Crippen molar-refractivity contribution in [3.8, 4) is 0 Å². The molecule has 0 saturated carbocycles. The SMILES string of the molecule is C[NH+](C)CC[NH2+]Cc1ccccc1Cl. The minimum atomic E-state index is 0.876. The molecule has 0 radical (unpaired) electrons. The van der Waals surface area contributed by atoms with Crippen molar-refractivity contribution in [2.24, 2.45) is 0 Å². The lowest BCUT2D eigenvalue weighted by Crippen LogP contribution is -3.09. The van der Waals surface area contributed by atoms with Crippen LogP contribution in [-0.2, 0) is 6.54 Å². The molecule has 3 heteroatoms. The number of halogens is 1. The maximum Gasteiger partial charge on any atom is 0.126 e. The summed E-state index contributed by atoms with van der Waals surface area (Å²) in [4.78, 5) is 1.49. The molecule has 14 heavy (non-hydrogen) atoms. The monoisotopic (exact) mass is 214 g/mol. The van der Waals surface area contributed by atoms with E-state index in [9.17, 15) is 0 Å². The Morgan fingerprint density at radius 1 is 1.29 bits per heavy atom. The first-order valence-corrected chi connectivity index (χ1v) is 5.42. The lowest BCUT2D eigenvalue weighted by atomic mass is 10.2. The number of likely N-dealkylation sites (N-methyl/N-ethyl adjacent to an activating group) is 1. The maximum atomic E-state index is 6.04. The van der Waals surface area contributed by atoms with Crippen LogP contribution in [0.3, 0.4) is 0 Å². The second-order valence-electron chi connectivity index (χ2n) is 3.83. The molecule has 1 aromatic carbocycles. The molecule has 1 aromatic rings. The highest BCUT2D eigenvalue weighted by Crippen LogP contribution is 2.12. The van der Waals surface area contributed by atoms with Crippen molar-refractivity contribution in [2.45, 2.75) is 6.54 Å². The summed E-state index contributed by atoms with van der Waals surface area (Å²) in [7, 11) is 4.34. The minimum Gasteiger partial charge on any atom is -0.338 e. The number of hydrogen-bond donors (Lipinski definition) is 2. The highest BCUT2D eigenvalue weighted by Gasteiger charge is 2.01. The predicted octanol–water partition coefficient (Wildman–Crippen LogP) is -0.452. The van der Waals surface area contributed by atoms with Crippen LogP contribution in [0.25, 0.3) is 0 Å². The van der Waals surface area contributed by atoms with Gasteiger partial charge in [0, 0.05) is 10.6 Å².